The van der Waals surface area contributed by atoms with Crippen molar-refractivity contribution in [2.75, 3.05) is 37.7 Å². The van der Waals surface area contributed by atoms with Crippen molar-refractivity contribution in [2.24, 2.45) is 0 Å². The third kappa shape index (κ3) is 5.09. The van der Waals surface area contributed by atoms with Crippen molar-refractivity contribution >= 4 is 17.5 Å². The van der Waals surface area contributed by atoms with Gasteiger partial charge in [0.2, 0.25) is 23.3 Å². The van der Waals surface area contributed by atoms with E-state index in [1.165, 1.54) is 6.20 Å². The lowest BCUT2D eigenvalue weighted by Crippen LogP contribution is -2.49. The molecule has 3 aromatic rings. The number of amides is 1. The predicted octanol–water partition coefficient (Wildman–Crippen LogP) is 2.82. The Kier molecular flexibility index (Phi) is 6.64. The van der Waals surface area contributed by atoms with E-state index in [1.807, 2.05) is 4.90 Å². The number of hydrogen-bond acceptors (Lipinski definition) is 7. The van der Waals surface area contributed by atoms with Crippen molar-refractivity contribution in [1.29, 1.82) is 0 Å². The van der Waals surface area contributed by atoms with Crippen LogP contribution in [0.1, 0.15) is 21.8 Å². The third-order valence-corrected chi connectivity index (χ3v) is 5.44. The first-order valence-corrected chi connectivity index (χ1v) is 10.5. The smallest absolute Gasteiger partial charge is 0.432 e. The van der Waals surface area contributed by atoms with Gasteiger partial charge in [-0.15, -0.1) is 0 Å². The first kappa shape index (κ1) is 23.4. The number of aliphatic hydroxyl groups excluding tert-OH is 1. The number of pyridine rings is 1. The molecule has 1 aromatic carbocycles. The lowest BCUT2D eigenvalue weighted by molar-refractivity contribution is -0.141. The monoisotopic (exact) mass is 474 g/mol. The molecule has 4 rings (SSSR count). The molecule has 1 fully saturated rings. The fourth-order valence-corrected chi connectivity index (χ4v) is 3.66. The Bertz CT molecular complexity index is 1160. The Morgan fingerprint density at radius 1 is 1.03 bits per heavy atom. The van der Waals surface area contributed by atoms with Crippen molar-refractivity contribution in [3.63, 3.8) is 0 Å². The van der Waals surface area contributed by atoms with E-state index in [9.17, 15) is 22.8 Å². The van der Waals surface area contributed by atoms with Crippen LogP contribution in [0.5, 0.6) is 0 Å². The van der Waals surface area contributed by atoms with E-state index in [4.69, 9.17) is 9.52 Å². The average molecular weight is 474 g/mol. The Labute approximate surface area is 192 Å². The normalized spacial score (nSPS) is 14.4. The van der Waals surface area contributed by atoms with Crippen LogP contribution in [0.25, 0.3) is 11.5 Å². The molecule has 34 heavy (non-hydrogen) atoms. The quantitative estimate of drug-likeness (QED) is 0.549. The van der Waals surface area contributed by atoms with Gasteiger partial charge in [-0.3, -0.25) is 9.59 Å². The standard InChI is InChI=1S/C23H21F3N4O4/c24-23(25,26)21-20(34-22(28-21)16-4-2-1-3-5-16)17(32)12-15-6-7-18(27-13-15)29-8-10-30(11-9-29)19(33)14-31/h1-7,13,31H,8-12,14H2. The predicted molar refractivity (Wildman–Crippen MR) is 115 cm³/mol. The molecule has 1 aliphatic rings. The second kappa shape index (κ2) is 9.64. The van der Waals surface area contributed by atoms with Gasteiger partial charge in [0.15, 0.2) is 5.69 Å². The third-order valence-electron chi connectivity index (χ3n) is 5.44. The van der Waals surface area contributed by atoms with Crippen LogP contribution < -0.4 is 4.90 Å². The maximum atomic E-state index is 13.5. The van der Waals surface area contributed by atoms with Crippen molar-refractivity contribution < 1.29 is 32.3 Å². The number of carbonyl (C=O) groups is 2. The molecular formula is C23H21F3N4O4. The number of carbonyl (C=O) groups excluding carboxylic acids is 2. The summed E-state index contributed by atoms with van der Waals surface area (Å²) in [5, 5.41) is 8.96. The summed E-state index contributed by atoms with van der Waals surface area (Å²) in [7, 11) is 0. The van der Waals surface area contributed by atoms with Crippen LogP contribution in [0.4, 0.5) is 19.0 Å². The molecule has 3 heterocycles. The summed E-state index contributed by atoms with van der Waals surface area (Å²) in [6.45, 7) is 1.39. The molecule has 0 spiro atoms. The van der Waals surface area contributed by atoms with Crippen LogP contribution >= 0.6 is 0 Å². The molecule has 1 aliphatic heterocycles. The van der Waals surface area contributed by atoms with Crippen LogP contribution in [-0.2, 0) is 17.4 Å². The number of nitrogens with zero attached hydrogens (tertiary/aromatic N) is 4. The Balaban J connectivity index is 1.47. The minimum atomic E-state index is -4.84. The maximum Gasteiger partial charge on any atom is 0.437 e. The van der Waals surface area contributed by atoms with Gasteiger partial charge in [-0.1, -0.05) is 24.3 Å². The van der Waals surface area contributed by atoms with Gasteiger partial charge >= 0.3 is 6.18 Å². The topological polar surface area (TPSA) is 99.8 Å². The summed E-state index contributed by atoms with van der Waals surface area (Å²) in [5.41, 5.74) is -0.594. The fraction of sp³-hybridized carbons (Fsp3) is 0.304. The summed E-state index contributed by atoms with van der Waals surface area (Å²) < 4.78 is 45.8. The molecule has 1 saturated heterocycles. The number of Topliss-reactive ketones (excluding diaryl/α,β-unsaturated/α-hetero) is 1. The zero-order chi connectivity index (χ0) is 24.3. The van der Waals surface area contributed by atoms with E-state index in [1.54, 1.807) is 47.4 Å². The van der Waals surface area contributed by atoms with Gasteiger partial charge in [0.1, 0.15) is 12.4 Å². The highest BCUT2D eigenvalue weighted by Gasteiger charge is 2.41. The van der Waals surface area contributed by atoms with E-state index >= 15 is 0 Å². The van der Waals surface area contributed by atoms with Crippen molar-refractivity contribution in [2.45, 2.75) is 12.6 Å². The van der Waals surface area contributed by atoms with E-state index in [0.29, 0.717) is 43.1 Å². The molecular weight excluding hydrogens is 453 g/mol. The van der Waals surface area contributed by atoms with Gasteiger partial charge in [0.05, 0.1) is 0 Å². The van der Waals surface area contributed by atoms with E-state index in [2.05, 4.69) is 9.97 Å². The molecule has 0 atom stereocenters. The Hall–Kier alpha value is -3.73. The highest BCUT2D eigenvalue weighted by atomic mass is 19.4. The molecule has 0 unspecified atom stereocenters. The number of anilines is 1. The van der Waals surface area contributed by atoms with E-state index in [-0.39, 0.29) is 18.2 Å². The lowest BCUT2D eigenvalue weighted by atomic mass is 10.1. The molecule has 1 amide bonds. The molecule has 0 radical (unpaired) electrons. The van der Waals surface area contributed by atoms with Crippen molar-refractivity contribution in [3.8, 4) is 11.5 Å². The summed E-state index contributed by atoms with van der Waals surface area (Å²) >= 11 is 0. The molecule has 178 valence electrons. The largest absolute Gasteiger partial charge is 0.437 e. The Morgan fingerprint density at radius 2 is 1.74 bits per heavy atom. The molecule has 1 N–H and O–H groups in total. The van der Waals surface area contributed by atoms with E-state index < -0.39 is 30.0 Å². The number of piperazine rings is 1. The van der Waals surface area contributed by atoms with Gasteiger partial charge in [-0.25, -0.2) is 9.97 Å². The second-order valence-electron chi connectivity index (χ2n) is 7.71. The summed E-state index contributed by atoms with van der Waals surface area (Å²) in [4.78, 5) is 35.6. The minimum Gasteiger partial charge on any atom is -0.432 e. The van der Waals surface area contributed by atoms with Crippen molar-refractivity contribution in [3.05, 3.63) is 65.7 Å². The van der Waals surface area contributed by atoms with Crippen LogP contribution in [-0.4, -0.2) is 64.5 Å². The Morgan fingerprint density at radius 3 is 2.32 bits per heavy atom. The van der Waals surface area contributed by atoms with Crippen LogP contribution in [0.15, 0.2) is 53.1 Å². The molecule has 2 aromatic heterocycles. The number of rotatable bonds is 6. The SMILES string of the molecule is O=C(Cc1ccc(N2CCN(C(=O)CO)CC2)nc1)c1oc(-c2ccccc2)nc1C(F)(F)F. The van der Waals surface area contributed by atoms with E-state index in [0.717, 1.165) is 0 Å². The zero-order valence-electron chi connectivity index (χ0n) is 18.0. The maximum absolute atomic E-state index is 13.5. The number of halogens is 3. The number of ketones is 1. The highest BCUT2D eigenvalue weighted by Crippen LogP contribution is 2.35. The minimum absolute atomic E-state index is 0.274. The molecule has 8 nitrogen and oxygen atoms in total. The highest BCUT2D eigenvalue weighted by molar-refractivity contribution is 5.96. The lowest BCUT2D eigenvalue weighted by Gasteiger charge is -2.35. The van der Waals surface area contributed by atoms with Crippen molar-refractivity contribution in [1.82, 2.24) is 14.9 Å². The van der Waals surface area contributed by atoms with Gasteiger partial charge in [-0.05, 0) is 23.8 Å². The van der Waals surface area contributed by atoms with Crippen LogP contribution in [0.3, 0.4) is 0 Å². The average Bonchev–Trinajstić information content (AvgIpc) is 3.31. The van der Waals surface area contributed by atoms with Gasteiger partial charge in [0.25, 0.3) is 0 Å². The number of benzene rings is 1. The molecule has 11 heteroatoms. The number of oxazole rings is 1. The fourth-order valence-electron chi connectivity index (χ4n) is 3.66. The second-order valence-corrected chi connectivity index (χ2v) is 7.71. The number of alkyl halides is 3. The van der Waals surface area contributed by atoms with Crippen LogP contribution in [0, 0.1) is 0 Å². The van der Waals surface area contributed by atoms with Gasteiger partial charge < -0.3 is 19.3 Å². The molecule has 0 saturated carbocycles. The first-order chi connectivity index (χ1) is 16.3. The number of aromatic nitrogens is 2. The summed E-state index contributed by atoms with van der Waals surface area (Å²) in [5.74, 6) is -1.67. The summed E-state index contributed by atoms with van der Waals surface area (Å²) in [6, 6.07) is 11.3. The molecule has 0 aliphatic carbocycles. The number of aliphatic hydroxyl groups is 1. The first-order valence-electron chi connectivity index (χ1n) is 10.5. The van der Waals surface area contributed by atoms with Crippen LogP contribution in [0.2, 0.25) is 0 Å². The molecule has 0 bridgehead atoms. The zero-order valence-corrected chi connectivity index (χ0v) is 18.0. The van der Waals surface area contributed by atoms with Gasteiger partial charge in [0, 0.05) is 44.4 Å². The van der Waals surface area contributed by atoms with Gasteiger partial charge in [-0.2, -0.15) is 13.2 Å². The number of hydrogen-bond donors (Lipinski definition) is 1. The summed E-state index contributed by atoms with van der Waals surface area (Å²) in [6.07, 6.45) is -3.75.